The predicted molar refractivity (Wildman–Crippen MR) is 125 cm³/mol. The lowest BCUT2D eigenvalue weighted by Gasteiger charge is -2.46. The Balaban J connectivity index is 1.59. The van der Waals surface area contributed by atoms with Crippen molar-refractivity contribution in [2.45, 2.75) is 60.6 Å². The Hall–Kier alpha value is -2.18. The van der Waals surface area contributed by atoms with E-state index in [-0.39, 0.29) is 34.0 Å². The predicted octanol–water partition coefficient (Wildman–Crippen LogP) is 3.44. The minimum absolute atomic E-state index is 0.0278. The molecule has 1 unspecified atom stereocenters. The largest absolute Gasteiger partial charge is 0.391 e. The number of aliphatic hydroxyl groups excluding tert-OH is 2. The van der Waals surface area contributed by atoms with Gasteiger partial charge in [-0.25, -0.2) is 21.6 Å². The maximum absolute atomic E-state index is 13.6. The first-order valence-electron chi connectivity index (χ1n) is 11.3. The molecule has 7 nitrogen and oxygen atoms in total. The van der Waals surface area contributed by atoms with Crippen LogP contribution < -0.4 is 5.32 Å². The number of fused-ring (bicyclic) bond motifs is 2. The molecule has 2 aliphatic rings. The lowest BCUT2D eigenvalue weighted by Crippen LogP contribution is -2.58. The van der Waals surface area contributed by atoms with Gasteiger partial charge in [-0.3, -0.25) is 4.79 Å². The van der Waals surface area contributed by atoms with Crippen molar-refractivity contribution in [1.29, 1.82) is 0 Å². The van der Waals surface area contributed by atoms with Crippen LogP contribution in [0.1, 0.15) is 43.0 Å². The Morgan fingerprint density at radius 3 is 2.17 bits per heavy atom. The van der Waals surface area contributed by atoms with Crippen LogP contribution in [-0.2, 0) is 9.84 Å². The molecule has 2 aromatic carbocycles. The summed E-state index contributed by atoms with van der Waals surface area (Å²) < 4.78 is 67.2. The highest BCUT2D eigenvalue weighted by Crippen LogP contribution is 2.54. The molecule has 0 spiro atoms. The molecular weight excluding hydrogens is 523 g/mol. The third-order valence-electron chi connectivity index (χ3n) is 7.38. The highest BCUT2D eigenvalue weighted by Gasteiger charge is 2.59. The molecule has 2 aromatic rings. The molecule has 4 N–H and O–H groups in total. The van der Waals surface area contributed by atoms with Crippen LogP contribution >= 0.6 is 11.6 Å². The van der Waals surface area contributed by atoms with E-state index in [9.17, 15) is 41.7 Å². The van der Waals surface area contributed by atoms with E-state index < -0.39 is 68.1 Å². The average molecular weight is 548 g/mol. The number of aliphatic hydroxyl groups is 3. The van der Waals surface area contributed by atoms with E-state index >= 15 is 0 Å². The fraction of sp³-hybridized carbons (Fsp3) is 0.458. The van der Waals surface area contributed by atoms with E-state index in [1.54, 1.807) is 0 Å². The normalized spacial score (nSPS) is 27.5. The van der Waals surface area contributed by atoms with Crippen LogP contribution in [0, 0.1) is 29.3 Å². The summed E-state index contributed by atoms with van der Waals surface area (Å²) in [6.07, 6.45) is -1.59. The summed E-state index contributed by atoms with van der Waals surface area (Å²) in [5, 5.41) is 32.5. The van der Waals surface area contributed by atoms with Gasteiger partial charge in [-0.15, -0.1) is 0 Å². The number of anilines is 1. The van der Waals surface area contributed by atoms with Gasteiger partial charge in [0, 0.05) is 23.4 Å². The summed E-state index contributed by atoms with van der Waals surface area (Å²) in [7, 11) is -4.10. The van der Waals surface area contributed by atoms with Crippen LogP contribution in [0.5, 0.6) is 0 Å². The van der Waals surface area contributed by atoms with Crippen molar-refractivity contribution in [3.8, 4) is 0 Å². The van der Waals surface area contributed by atoms with E-state index in [0.29, 0.717) is 25.0 Å². The van der Waals surface area contributed by atoms with Crippen LogP contribution in [0.2, 0.25) is 5.02 Å². The minimum atomic E-state index is -4.10. The van der Waals surface area contributed by atoms with Crippen LogP contribution in [0.3, 0.4) is 0 Å². The molecule has 0 heterocycles. The average Bonchev–Trinajstić information content (AvgIpc) is 2.98. The molecule has 196 valence electrons. The molecular formula is C24H25ClF3NO6S. The van der Waals surface area contributed by atoms with Gasteiger partial charge in [0.2, 0.25) is 0 Å². The highest BCUT2D eigenvalue weighted by molar-refractivity contribution is 7.92. The van der Waals surface area contributed by atoms with Gasteiger partial charge in [0.1, 0.15) is 6.10 Å². The van der Waals surface area contributed by atoms with Crippen LogP contribution in [0.25, 0.3) is 0 Å². The molecule has 2 bridgehead atoms. The van der Waals surface area contributed by atoms with Gasteiger partial charge >= 0.3 is 0 Å². The van der Waals surface area contributed by atoms with Gasteiger partial charge in [0.25, 0.3) is 5.91 Å². The first-order valence-corrected chi connectivity index (χ1v) is 13.3. The first kappa shape index (κ1) is 26.9. The third-order valence-corrected chi connectivity index (χ3v) is 10.0. The van der Waals surface area contributed by atoms with Crippen molar-refractivity contribution in [3.05, 3.63) is 58.4 Å². The van der Waals surface area contributed by atoms with Gasteiger partial charge < -0.3 is 20.6 Å². The summed E-state index contributed by atoms with van der Waals surface area (Å²) >= 11 is 6.19. The van der Waals surface area contributed by atoms with Crippen LogP contribution in [-0.4, -0.2) is 52.7 Å². The summed E-state index contributed by atoms with van der Waals surface area (Å²) in [6, 6.07) is 4.67. The Morgan fingerprint density at radius 2 is 1.64 bits per heavy atom. The number of nitrogens with one attached hydrogen (secondary N) is 1. The molecule has 6 atom stereocenters. The number of hydrogen-bond donors (Lipinski definition) is 4. The van der Waals surface area contributed by atoms with Gasteiger partial charge in [-0.05, 0) is 62.6 Å². The highest BCUT2D eigenvalue weighted by atomic mass is 35.5. The number of sulfone groups is 1. The van der Waals surface area contributed by atoms with E-state index in [0.717, 1.165) is 6.07 Å². The Bertz CT molecular complexity index is 1270. The second-order valence-electron chi connectivity index (χ2n) is 9.54. The van der Waals surface area contributed by atoms with Gasteiger partial charge in [-0.1, -0.05) is 11.6 Å². The summed E-state index contributed by atoms with van der Waals surface area (Å²) in [5.41, 5.74) is -2.13. The van der Waals surface area contributed by atoms with Crippen molar-refractivity contribution in [1.82, 2.24) is 0 Å². The SMILES string of the molecule is C[C@@H](O)[C@H](O)[C@@]1(O)C2CC[C@H]1C[C@H](S(=O)(=O)c1cc(C(=O)Nc3cc(F)c(F)c(F)c3)ccc1Cl)C2. The number of benzene rings is 2. The first-order chi connectivity index (χ1) is 16.8. The standard InChI is InChI=1S/C24H25ClF3NO6S/c1-11(30)22(31)24(33)13-3-4-14(24)8-16(7-13)36(34,35)20-6-12(2-5-17(20)25)23(32)29-15-9-18(26)21(28)19(27)10-15/h2,5-6,9-11,13-14,16,22,30-31,33H,3-4,7-8H2,1H3,(H,29,32)/t11-,13+,14?,16+,22+,24+/m1/s1. The quantitative estimate of drug-likeness (QED) is 0.411. The van der Waals surface area contributed by atoms with Gasteiger partial charge in [0.05, 0.1) is 26.9 Å². The Labute approximate surface area is 210 Å². The zero-order chi connectivity index (χ0) is 26.6. The second-order valence-corrected chi connectivity index (χ2v) is 12.1. The topological polar surface area (TPSA) is 124 Å². The van der Waals surface area contributed by atoms with E-state index in [2.05, 4.69) is 5.32 Å². The molecule has 0 radical (unpaired) electrons. The Morgan fingerprint density at radius 1 is 1.08 bits per heavy atom. The number of hydrogen-bond acceptors (Lipinski definition) is 6. The molecule has 2 aliphatic carbocycles. The molecule has 0 aromatic heterocycles. The van der Waals surface area contributed by atoms with Crippen molar-refractivity contribution >= 4 is 33.0 Å². The van der Waals surface area contributed by atoms with E-state index in [4.69, 9.17) is 11.6 Å². The summed E-state index contributed by atoms with van der Waals surface area (Å²) in [5.74, 6) is -6.72. The third kappa shape index (κ3) is 4.51. The molecule has 36 heavy (non-hydrogen) atoms. The Kier molecular flexibility index (Phi) is 7.17. The second kappa shape index (κ2) is 9.60. The molecule has 0 aliphatic heterocycles. The van der Waals surface area contributed by atoms with Crippen LogP contribution in [0.4, 0.5) is 18.9 Å². The number of amides is 1. The fourth-order valence-electron chi connectivity index (χ4n) is 5.54. The summed E-state index contributed by atoms with van der Waals surface area (Å²) in [4.78, 5) is 12.3. The number of halogens is 4. The minimum Gasteiger partial charge on any atom is -0.391 e. The molecule has 2 fully saturated rings. The molecule has 2 saturated carbocycles. The molecule has 0 saturated heterocycles. The molecule has 4 rings (SSSR count). The van der Waals surface area contributed by atoms with Crippen molar-refractivity contribution in [3.63, 3.8) is 0 Å². The van der Waals surface area contributed by atoms with E-state index in [1.165, 1.54) is 19.1 Å². The zero-order valence-corrected chi connectivity index (χ0v) is 20.7. The number of carbonyl (C=O) groups is 1. The number of carbonyl (C=O) groups excluding carboxylic acids is 1. The maximum atomic E-state index is 13.6. The molecule has 1 amide bonds. The number of rotatable bonds is 6. The lowest BCUT2D eigenvalue weighted by atomic mass is 9.70. The van der Waals surface area contributed by atoms with Crippen LogP contribution in [0.15, 0.2) is 35.2 Å². The zero-order valence-electron chi connectivity index (χ0n) is 19.1. The fourth-order valence-corrected chi connectivity index (χ4v) is 7.94. The van der Waals surface area contributed by atoms with Crippen molar-refractivity contribution in [2.24, 2.45) is 11.8 Å². The van der Waals surface area contributed by atoms with Gasteiger partial charge in [-0.2, -0.15) is 0 Å². The smallest absolute Gasteiger partial charge is 0.255 e. The van der Waals surface area contributed by atoms with E-state index in [1.807, 2.05) is 0 Å². The van der Waals surface area contributed by atoms with Crippen molar-refractivity contribution < 1.29 is 41.7 Å². The molecule has 12 heteroatoms. The monoisotopic (exact) mass is 547 g/mol. The lowest BCUT2D eigenvalue weighted by molar-refractivity contribution is -0.172. The summed E-state index contributed by atoms with van der Waals surface area (Å²) in [6.45, 7) is 1.36. The maximum Gasteiger partial charge on any atom is 0.255 e. The van der Waals surface area contributed by atoms with Crippen molar-refractivity contribution in [2.75, 3.05) is 5.32 Å². The van der Waals surface area contributed by atoms with Gasteiger partial charge in [0.15, 0.2) is 27.3 Å².